The van der Waals surface area contributed by atoms with Crippen LogP contribution < -0.4 is 24.0 Å². The minimum Gasteiger partial charge on any atom is -0.481 e. The van der Waals surface area contributed by atoms with Crippen molar-refractivity contribution in [3.63, 3.8) is 0 Å². The molecule has 426 valence electrons. The van der Waals surface area contributed by atoms with E-state index in [-0.39, 0.29) is 62.5 Å². The smallest absolute Gasteiger partial charge is 0.266 e. The molecule has 85 heavy (non-hydrogen) atoms. The van der Waals surface area contributed by atoms with E-state index < -0.39 is 35.7 Å². The summed E-state index contributed by atoms with van der Waals surface area (Å²) in [6.07, 6.45) is 11.1. The lowest BCUT2D eigenvalue weighted by molar-refractivity contribution is -0.123. The second-order valence-electron chi connectivity index (χ2n) is 23.7. The van der Waals surface area contributed by atoms with Crippen LogP contribution in [-0.4, -0.2) is 29.7 Å². The zero-order valence-corrected chi connectivity index (χ0v) is 50.0. The quantitative estimate of drug-likeness (QED) is 0.0624. The summed E-state index contributed by atoms with van der Waals surface area (Å²) in [7, 11) is 0. The van der Waals surface area contributed by atoms with Gasteiger partial charge in [-0.2, -0.15) is 0 Å². The Labute approximate surface area is 503 Å². The van der Waals surface area contributed by atoms with Crippen molar-refractivity contribution in [3.8, 4) is 17.2 Å². The van der Waals surface area contributed by atoms with E-state index in [4.69, 9.17) is 25.8 Å². The van der Waals surface area contributed by atoms with Crippen LogP contribution >= 0.6 is 11.6 Å². The maximum absolute atomic E-state index is 16.2. The summed E-state index contributed by atoms with van der Waals surface area (Å²) in [4.78, 5) is 67.3. The highest BCUT2D eigenvalue weighted by molar-refractivity contribution is 6.44. The maximum Gasteiger partial charge on any atom is 0.266 e. The van der Waals surface area contributed by atoms with Gasteiger partial charge < -0.3 is 14.2 Å². The van der Waals surface area contributed by atoms with E-state index in [1.54, 1.807) is 24.3 Å². The number of hydrogen-bond acceptors (Lipinski definition) is 7. The number of allylic oxidation sites excluding steroid dienone is 6. The zero-order valence-electron chi connectivity index (χ0n) is 49.3. The summed E-state index contributed by atoms with van der Waals surface area (Å²) in [5.41, 5.74) is 11.3. The molecule has 6 aromatic rings. The Morgan fingerprint density at radius 3 is 1.48 bits per heavy atom. The van der Waals surface area contributed by atoms with Crippen LogP contribution in [0.5, 0.6) is 17.2 Å². The van der Waals surface area contributed by atoms with Gasteiger partial charge in [-0.05, 0) is 130 Å². The molecule has 9 nitrogen and oxygen atoms in total. The molecule has 6 aromatic carbocycles. The van der Waals surface area contributed by atoms with Crippen molar-refractivity contribution in [1.82, 2.24) is 0 Å². The molecule has 0 bridgehead atoms. The Morgan fingerprint density at radius 2 is 0.965 bits per heavy atom. The Bertz CT molecular complexity index is 4100. The van der Waals surface area contributed by atoms with E-state index >= 15 is 19.2 Å². The number of carbonyl (C=O) groups excluding carboxylic acids is 4. The third-order valence-corrected chi connectivity index (χ3v) is 17.4. The van der Waals surface area contributed by atoms with Gasteiger partial charge in [0.2, 0.25) is 0 Å². The second kappa shape index (κ2) is 22.2. The molecular formula is C75H67ClN2O7. The van der Waals surface area contributed by atoms with Gasteiger partial charge in [0.05, 0.1) is 16.9 Å². The van der Waals surface area contributed by atoms with Crippen molar-refractivity contribution in [2.45, 2.75) is 104 Å². The maximum atomic E-state index is 16.2. The predicted octanol–water partition coefficient (Wildman–Crippen LogP) is 17.0. The summed E-state index contributed by atoms with van der Waals surface area (Å²) in [6.45, 7) is 28.7. The van der Waals surface area contributed by atoms with Crippen molar-refractivity contribution < 1.29 is 33.4 Å². The Morgan fingerprint density at radius 1 is 0.494 bits per heavy atom. The van der Waals surface area contributed by atoms with Crippen molar-refractivity contribution >= 4 is 63.3 Å². The Hall–Kier alpha value is -9.05. The van der Waals surface area contributed by atoms with Crippen molar-refractivity contribution in [1.29, 1.82) is 0 Å². The predicted molar refractivity (Wildman–Crippen MR) is 340 cm³/mol. The molecule has 0 saturated heterocycles. The molecule has 6 aliphatic rings. The van der Waals surface area contributed by atoms with Gasteiger partial charge >= 0.3 is 0 Å². The highest BCUT2D eigenvalue weighted by Crippen LogP contribution is 2.63. The fourth-order valence-electron chi connectivity index (χ4n) is 13.3. The molecule has 0 fully saturated rings. The lowest BCUT2D eigenvalue weighted by Gasteiger charge is -2.47. The molecule has 10 heteroatoms. The number of ether oxygens (including phenoxy) is 3. The number of imide groups is 2. The summed E-state index contributed by atoms with van der Waals surface area (Å²) >= 11 is 7.99. The Kier molecular flexibility index (Phi) is 14.7. The third-order valence-electron chi connectivity index (χ3n) is 17.1. The molecule has 2 unspecified atom stereocenters. The van der Waals surface area contributed by atoms with E-state index in [0.717, 1.165) is 38.9 Å². The van der Waals surface area contributed by atoms with Gasteiger partial charge in [-0.25, -0.2) is 9.80 Å². The van der Waals surface area contributed by atoms with E-state index in [9.17, 15) is 0 Å². The van der Waals surface area contributed by atoms with E-state index in [2.05, 4.69) is 75.1 Å². The largest absolute Gasteiger partial charge is 0.481 e. The highest BCUT2D eigenvalue weighted by atomic mass is 35.5. The van der Waals surface area contributed by atoms with Crippen LogP contribution in [0.25, 0.3) is 16.7 Å². The fourth-order valence-corrected chi connectivity index (χ4v) is 13.6. The molecule has 4 aliphatic carbocycles. The van der Waals surface area contributed by atoms with E-state index in [1.807, 2.05) is 127 Å². The molecule has 0 N–H and O–H groups in total. The molecule has 4 amide bonds. The third kappa shape index (κ3) is 9.14. The van der Waals surface area contributed by atoms with Gasteiger partial charge in [0.15, 0.2) is 0 Å². The molecule has 2 heterocycles. The van der Waals surface area contributed by atoms with Crippen LogP contribution in [0.1, 0.15) is 145 Å². The number of benzene rings is 6. The molecular weight excluding hydrogens is 1080 g/mol. The Balaban J connectivity index is 1.24. The molecule has 0 radical (unpaired) electrons. The first-order valence-corrected chi connectivity index (χ1v) is 29.7. The van der Waals surface area contributed by atoms with Gasteiger partial charge in [-0.15, -0.1) is 19.7 Å². The second-order valence-corrected chi connectivity index (χ2v) is 24.1. The lowest BCUT2D eigenvalue weighted by Crippen LogP contribution is -2.48. The summed E-state index contributed by atoms with van der Waals surface area (Å²) in [5, 5.41) is 0.187. The monoisotopic (exact) mass is 1140 g/mol. The normalized spacial score (nSPS) is 17.6. The molecule has 12 rings (SSSR count). The molecule has 0 spiro atoms. The van der Waals surface area contributed by atoms with Gasteiger partial charge in [-0.3, -0.25) is 19.2 Å². The number of halogens is 1. The van der Waals surface area contributed by atoms with Crippen molar-refractivity contribution in [2.24, 2.45) is 5.92 Å². The van der Waals surface area contributed by atoms with Crippen LogP contribution in [0.4, 0.5) is 11.4 Å². The summed E-state index contributed by atoms with van der Waals surface area (Å²) in [5.74, 6) is -1.20. The fraction of sp³-hybridized carbons (Fsp3) is 0.227. The highest BCUT2D eigenvalue weighted by Gasteiger charge is 2.56. The number of carbonyl (C=O) groups is 4. The van der Waals surface area contributed by atoms with E-state index in [0.29, 0.717) is 86.9 Å². The number of fused-ring (bicyclic) bond motifs is 1. The standard InChI is InChI=1S/C75H67ClN2O7/c1-12-23-44-26-15-18-33-56(44)83-59-37-53-63-54(75(82)78(74(53)81)71-49(42(8)9)31-22-32-50(71)43(10)11)39-61(85-58-35-20-17-28-46(58)25-14-3)67-66-60(84-57-34-19-16-27-45(57)24-13-2)38-52-62-51(36-55(76)64(68(62)66)65(59)69(63)67)72(79)77(73(52)80)70-47(40(4)5)29-21-30-48(70)41(6)7/h12-22,26-43,60,69H,1-3,23-25H2,4-11H3. The average Bonchev–Trinajstić information content (AvgIpc) is 0.691. The van der Waals surface area contributed by atoms with Crippen LogP contribution in [-0.2, 0) is 33.6 Å². The number of anilines is 2. The van der Waals surface area contributed by atoms with Gasteiger partial charge in [0, 0.05) is 61.1 Å². The molecule has 2 aliphatic heterocycles. The van der Waals surface area contributed by atoms with Crippen LogP contribution in [0.15, 0.2) is 205 Å². The van der Waals surface area contributed by atoms with Crippen molar-refractivity contribution in [3.05, 3.63) is 271 Å². The zero-order chi connectivity index (χ0) is 59.9. The first-order chi connectivity index (χ1) is 41.0. The average molecular weight is 1140 g/mol. The minimum absolute atomic E-state index is 0.0553. The number of para-hydroxylation sites is 5. The summed E-state index contributed by atoms with van der Waals surface area (Å²) < 4.78 is 22.2. The number of rotatable bonds is 18. The first-order valence-electron chi connectivity index (χ1n) is 29.4. The van der Waals surface area contributed by atoms with Crippen LogP contribution in [0.3, 0.4) is 0 Å². The van der Waals surface area contributed by atoms with Crippen LogP contribution in [0, 0.1) is 5.92 Å². The SMILES string of the molecule is C=CCc1ccccc1OC1=CC2=C3C(=CC(Oc4ccccc4CC=C)=C4c5c(Cl)cc6c7c5C(=C1C34)C(Oc1ccccc1CC=C)C=C7C(=O)N(c1c(C(C)C)cccc1C(C)C)C6=O)C(=O)N(c1c(C(C)C)cccc1C(C)C)C2=O. The lowest BCUT2D eigenvalue weighted by atomic mass is 9.60. The van der Waals surface area contributed by atoms with E-state index in [1.165, 1.54) is 9.80 Å². The van der Waals surface area contributed by atoms with Gasteiger partial charge in [0.1, 0.15) is 34.9 Å². The molecule has 2 atom stereocenters. The summed E-state index contributed by atoms with van der Waals surface area (Å²) in [6, 6.07) is 36.6. The molecule has 0 aromatic heterocycles. The molecule has 0 saturated carbocycles. The number of nitrogens with zero attached hydrogens (tertiary/aromatic N) is 2. The number of hydrogen-bond donors (Lipinski definition) is 0. The topological polar surface area (TPSA) is 102 Å². The number of amides is 4. The van der Waals surface area contributed by atoms with Gasteiger partial charge in [-0.1, -0.05) is 176 Å². The minimum atomic E-state index is -1.08. The van der Waals surface area contributed by atoms with Gasteiger partial charge in [0.25, 0.3) is 23.6 Å². The van der Waals surface area contributed by atoms with Crippen LogP contribution in [0.2, 0.25) is 5.02 Å². The first kappa shape index (κ1) is 56.4. The van der Waals surface area contributed by atoms with Crippen molar-refractivity contribution in [2.75, 3.05) is 9.80 Å².